The Morgan fingerprint density at radius 1 is 1.35 bits per heavy atom. The molecule has 0 aliphatic heterocycles. The van der Waals surface area contributed by atoms with Gasteiger partial charge in [-0.05, 0) is 24.1 Å². The smallest absolute Gasteiger partial charge is 0.417 e. The highest BCUT2D eigenvalue weighted by Crippen LogP contribution is 2.11. The van der Waals surface area contributed by atoms with Crippen molar-refractivity contribution in [2.75, 3.05) is 5.32 Å². The molecule has 0 spiro atoms. The summed E-state index contributed by atoms with van der Waals surface area (Å²) in [7, 11) is 0. The lowest BCUT2D eigenvalue weighted by atomic mass is 10.2. The standard InChI is InChI=1S/C13H16NO3/c1-2-3-4-13(16)14-12-7-5-11(6-8-12)9-17-10-15/h5-8H,2-4,9H2,1H3,(H,14,16). The van der Waals surface area contributed by atoms with Crippen molar-refractivity contribution < 1.29 is 14.3 Å². The monoisotopic (exact) mass is 234 g/mol. The van der Waals surface area contributed by atoms with Crippen molar-refractivity contribution in [3.05, 3.63) is 29.8 Å². The van der Waals surface area contributed by atoms with Crippen molar-refractivity contribution >= 4 is 18.1 Å². The zero-order valence-corrected chi connectivity index (χ0v) is 9.86. The van der Waals surface area contributed by atoms with Crippen LogP contribution in [0.15, 0.2) is 24.3 Å². The van der Waals surface area contributed by atoms with Gasteiger partial charge < -0.3 is 10.1 Å². The van der Waals surface area contributed by atoms with E-state index in [1.54, 1.807) is 24.3 Å². The predicted molar refractivity (Wildman–Crippen MR) is 65.1 cm³/mol. The topological polar surface area (TPSA) is 55.4 Å². The van der Waals surface area contributed by atoms with Gasteiger partial charge in [0.25, 0.3) is 0 Å². The molecule has 0 unspecified atom stereocenters. The zero-order chi connectivity index (χ0) is 12.5. The van der Waals surface area contributed by atoms with Gasteiger partial charge in [-0.2, -0.15) is 0 Å². The van der Waals surface area contributed by atoms with Gasteiger partial charge in [0, 0.05) is 12.1 Å². The first-order valence-corrected chi connectivity index (χ1v) is 5.64. The van der Waals surface area contributed by atoms with Crippen LogP contribution in [0.4, 0.5) is 5.69 Å². The molecule has 17 heavy (non-hydrogen) atoms. The largest absolute Gasteiger partial charge is 0.452 e. The molecule has 0 aliphatic carbocycles. The maximum Gasteiger partial charge on any atom is 0.417 e. The molecule has 4 nitrogen and oxygen atoms in total. The van der Waals surface area contributed by atoms with E-state index in [9.17, 15) is 9.59 Å². The van der Waals surface area contributed by atoms with E-state index in [0.29, 0.717) is 6.42 Å². The third-order valence-corrected chi connectivity index (χ3v) is 2.29. The zero-order valence-electron chi connectivity index (χ0n) is 9.86. The molecular weight excluding hydrogens is 218 g/mol. The summed E-state index contributed by atoms with van der Waals surface area (Å²) < 4.78 is 4.50. The summed E-state index contributed by atoms with van der Waals surface area (Å²) in [6.45, 7) is 3.62. The number of carbonyl (C=O) groups is 1. The number of nitrogens with one attached hydrogen (secondary N) is 1. The number of unbranched alkanes of at least 4 members (excludes halogenated alkanes) is 1. The molecule has 0 aliphatic rings. The van der Waals surface area contributed by atoms with Crippen LogP contribution in [0.1, 0.15) is 31.7 Å². The average molecular weight is 234 g/mol. The van der Waals surface area contributed by atoms with Crippen molar-refractivity contribution in [3.8, 4) is 0 Å². The number of amides is 1. The first-order valence-electron chi connectivity index (χ1n) is 5.64. The molecule has 0 fully saturated rings. The molecule has 0 saturated carbocycles. The van der Waals surface area contributed by atoms with E-state index in [2.05, 4.69) is 10.1 Å². The van der Waals surface area contributed by atoms with E-state index >= 15 is 0 Å². The minimum Gasteiger partial charge on any atom is -0.452 e. The Balaban J connectivity index is 2.44. The number of ether oxygens (including phenoxy) is 1. The van der Waals surface area contributed by atoms with Crippen LogP contribution in [-0.4, -0.2) is 12.4 Å². The summed E-state index contributed by atoms with van der Waals surface area (Å²) >= 11 is 0. The lowest BCUT2D eigenvalue weighted by Crippen LogP contribution is -2.10. The Bertz CT molecular complexity index is 359. The van der Waals surface area contributed by atoms with Crippen molar-refractivity contribution in [2.45, 2.75) is 32.8 Å². The van der Waals surface area contributed by atoms with E-state index in [-0.39, 0.29) is 12.5 Å². The van der Waals surface area contributed by atoms with Crippen LogP contribution in [0.2, 0.25) is 0 Å². The minimum atomic E-state index is 0.0251. The predicted octanol–water partition coefficient (Wildman–Crippen LogP) is 2.40. The van der Waals surface area contributed by atoms with Gasteiger partial charge in [-0.3, -0.25) is 4.79 Å². The quantitative estimate of drug-likeness (QED) is 0.788. The summed E-state index contributed by atoms with van der Waals surface area (Å²) in [4.78, 5) is 21.3. The van der Waals surface area contributed by atoms with Gasteiger partial charge in [-0.15, -0.1) is 0 Å². The molecule has 1 N–H and O–H groups in total. The van der Waals surface area contributed by atoms with Crippen LogP contribution in [-0.2, 0) is 20.9 Å². The molecule has 1 aromatic carbocycles. The van der Waals surface area contributed by atoms with Crippen LogP contribution >= 0.6 is 0 Å². The summed E-state index contributed by atoms with van der Waals surface area (Å²) in [5.41, 5.74) is 1.62. The first kappa shape index (κ1) is 13.2. The van der Waals surface area contributed by atoms with Gasteiger partial charge >= 0.3 is 6.47 Å². The lowest BCUT2D eigenvalue weighted by molar-refractivity contribution is -0.116. The number of anilines is 1. The van der Waals surface area contributed by atoms with Gasteiger partial charge in [0.05, 0.1) is 0 Å². The summed E-state index contributed by atoms with van der Waals surface area (Å²) in [6, 6.07) is 7.17. The van der Waals surface area contributed by atoms with Crippen molar-refractivity contribution in [2.24, 2.45) is 0 Å². The minimum absolute atomic E-state index is 0.0251. The summed E-state index contributed by atoms with van der Waals surface area (Å²) in [6.07, 6.45) is 2.44. The first-order chi connectivity index (χ1) is 8.26. The molecule has 0 atom stereocenters. The summed E-state index contributed by atoms with van der Waals surface area (Å²) in [5.74, 6) is 0.0251. The van der Waals surface area contributed by atoms with Gasteiger partial charge in [0.1, 0.15) is 6.61 Å². The molecule has 4 heteroatoms. The molecular formula is C13H16NO3. The molecule has 0 aromatic heterocycles. The summed E-state index contributed by atoms with van der Waals surface area (Å²) in [5, 5.41) is 2.80. The van der Waals surface area contributed by atoms with E-state index in [1.807, 2.05) is 6.92 Å². The fraction of sp³-hybridized carbons (Fsp3) is 0.385. The third-order valence-electron chi connectivity index (χ3n) is 2.29. The molecule has 1 rings (SSSR count). The molecule has 0 heterocycles. The van der Waals surface area contributed by atoms with Crippen molar-refractivity contribution in [1.82, 2.24) is 0 Å². The highest BCUT2D eigenvalue weighted by atomic mass is 16.5. The van der Waals surface area contributed by atoms with Gasteiger partial charge in [-0.25, -0.2) is 4.79 Å². The second-order valence-electron chi connectivity index (χ2n) is 3.72. The highest BCUT2D eigenvalue weighted by Gasteiger charge is 2.01. The fourth-order valence-corrected chi connectivity index (χ4v) is 1.36. The maximum atomic E-state index is 11.4. The Kier molecular flexibility index (Phi) is 5.79. The number of carbonyl (C=O) groups excluding carboxylic acids is 2. The Labute approximate surface area is 101 Å². The second-order valence-corrected chi connectivity index (χ2v) is 3.72. The van der Waals surface area contributed by atoms with Crippen molar-refractivity contribution in [1.29, 1.82) is 0 Å². The number of hydrogen-bond acceptors (Lipinski definition) is 3. The maximum absolute atomic E-state index is 11.4. The van der Waals surface area contributed by atoms with Gasteiger partial charge in [0.15, 0.2) is 0 Å². The molecule has 1 radical (unpaired) electrons. The van der Waals surface area contributed by atoms with Crippen LogP contribution in [0.3, 0.4) is 0 Å². The van der Waals surface area contributed by atoms with Gasteiger partial charge in [0.2, 0.25) is 5.91 Å². The molecule has 1 amide bonds. The van der Waals surface area contributed by atoms with Crippen LogP contribution in [0.5, 0.6) is 0 Å². The molecule has 1 aromatic rings. The fourth-order valence-electron chi connectivity index (χ4n) is 1.36. The van der Waals surface area contributed by atoms with Gasteiger partial charge in [-0.1, -0.05) is 25.5 Å². The lowest BCUT2D eigenvalue weighted by Gasteiger charge is -2.05. The van der Waals surface area contributed by atoms with Crippen LogP contribution in [0.25, 0.3) is 0 Å². The Morgan fingerprint density at radius 2 is 2.06 bits per heavy atom. The second kappa shape index (κ2) is 7.44. The number of benzene rings is 1. The Morgan fingerprint density at radius 3 is 2.65 bits per heavy atom. The van der Waals surface area contributed by atoms with E-state index in [0.717, 1.165) is 24.1 Å². The van der Waals surface area contributed by atoms with Crippen LogP contribution in [0, 0.1) is 0 Å². The SMILES string of the molecule is CCCCC(=O)Nc1ccc(CO[C]=O)cc1. The number of hydrogen-bond donors (Lipinski definition) is 1. The van der Waals surface area contributed by atoms with E-state index < -0.39 is 0 Å². The average Bonchev–Trinajstić information content (AvgIpc) is 2.35. The molecule has 0 saturated heterocycles. The van der Waals surface area contributed by atoms with E-state index in [1.165, 1.54) is 6.47 Å². The number of rotatable bonds is 7. The molecule has 0 bridgehead atoms. The molecule has 91 valence electrons. The highest BCUT2D eigenvalue weighted by molar-refractivity contribution is 5.90. The van der Waals surface area contributed by atoms with E-state index in [4.69, 9.17) is 0 Å². The third kappa shape index (κ3) is 5.15. The Hall–Kier alpha value is -1.84. The van der Waals surface area contributed by atoms with Crippen molar-refractivity contribution in [3.63, 3.8) is 0 Å². The van der Waals surface area contributed by atoms with Crippen LogP contribution < -0.4 is 5.32 Å². The normalized spacial score (nSPS) is 9.71.